The third kappa shape index (κ3) is 9.80. The van der Waals surface area contributed by atoms with Gasteiger partial charge in [-0.15, -0.1) is 0 Å². The van der Waals surface area contributed by atoms with Crippen LogP contribution >= 0.6 is 0 Å². The Morgan fingerprint density at radius 1 is 0.526 bits per heavy atom. The van der Waals surface area contributed by atoms with Crippen LogP contribution in [-0.2, 0) is 20.6 Å². The number of aromatic amines is 2. The van der Waals surface area contributed by atoms with Gasteiger partial charge in [0.25, 0.3) is 0 Å². The minimum Gasteiger partial charge on any atom is -0.386 e. The number of aromatic nitrogens is 7. The molecule has 6 atom stereocenters. The average Bonchev–Trinajstić information content (AvgIpc) is 4.10. The number of nitrogens with one attached hydrogen (secondary N) is 2. The minimum absolute atomic E-state index is 0.140. The van der Waals surface area contributed by atoms with Crippen LogP contribution in [0.1, 0.15) is 169 Å². The maximum atomic E-state index is 11.1. The number of aliphatic hydroxyl groups excluding tert-OH is 3. The number of benzene rings is 3. The molecule has 3 saturated carbocycles. The van der Waals surface area contributed by atoms with E-state index < -0.39 is 18.3 Å². The van der Waals surface area contributed by atoms with Crippen molar-refractivity contribution in [2.45, 2.75) is 167 Å². The van der Waals surface area contributed by atoms with E-state index in [0.29, 0.717) is 31.0 Å². The second-order valence-corrected chi connectivity index (χ2v) is 22.8. The molecule has 15 rings (SSSR count). The van der Waals surface area contributed by atoms with E-state index in [1.807, 2.05) is 53.7 Å². The number of H-pyrrole nitrogens is 2. The second-order valence-electron chi connectivity index (χ2n) is 22.8. The number of rotatable bonds is 12. The van der Waals surface area contributed by atoms with Gasteiger partial charge in [-0.25, -0.2) is 9.97 Å². The van der Waals surface area contributed by atoms with Crippen LogP contribution in [0.25, 0.3) is 55.4 Å². The molecule has 17 heteroatoms. The van der Waals surface area contributed by atoms with Gasteiger partial charge in [-0.3, -0.25) is 4.99 Å². The van der Waals surface area contributed by atoms with Crippen LogP contribution in [-0.4, -0.2) is 94.6 Å². The van der Waals surface area contributed by atoms with E-state index in [9.17, 15) is 15.3 Å². The first kappa shape index (κ1) is 51.0. The van der Waals surface area contributed by atoms with Crippen molar-refractivity contribution < 1.29 is 43.1 Å². The van der Waals surface area contributed by atoms with Gasteiger partial charge in [0.15, 0.2) is 6.61 Å². The first-order chi connectivity index (χ1) is 37.8. The summed E-state index contributed by atoms with van der Waals surface area (Å²) in [5, 5.41) is 45.3. The quantitative estimate of drug-likeness (QED) is 0.0716. The fourth-order valence-electron chi connectivity index (χ4n) is 12.3. The minimum atomic E-state index is -0.716. The van der Waals surface area contributed by atoms with Crippen molar-refractivity contribution in [1.82, 2.24) is 35.4 Å². The van der Waals surface area contributed by atoms with E-state index >= 15 is 0 Å². The summed E-state index contributed by atoms with van der Waals surface area (Å²) < 4.78 is 33.3. The number of hydrogen-bond acceptors (Lipinski definition) is 15. The van der Waals surface area contributed by atoms with Gasteiger partial charge in [-0.1, -0.05) is 15.5 Å². The summed E-state index contributed by atoms with van der Waals surface area (Å²) in [5.41, 5.74) is 18.1. The average molecular weight is 1060 g/mol. The van der Waals surface area contributed by atoms with E-state index in [0.717, 1.165) is 169 Å². The van der Waals surface area contributed by atoms with Gasteiger partial charge in [0, 0.05) is 70.6 Å². The molecule has 3 saturated heterocycles. The molecule has 406 valence electrons. The zero-order valence-corrected chi connectivity index (χ0v) is 45.3. The Hall–Kier alpha value is -6.47. The molecule has 3 aliphatic carbocycles. The van der Waals surface area contributed by atoms with E-state index in [1.54, 1.807) is 0 Å². The van der Waals surface area contributed by atoms with Crippen molar-refractivity contribution in [2.24, 2.45) is 10.9 Å². The van der Waals surface area contributed by atoms with Crippen LogP contribution in [0.2, 0.25) is 0 Å². The van der Waals surface area contributed by atoms with Gasteiger partial charge in [-0.2, -0.15) is 0 Å². The largest absolute Gasteiger partial charge is 0.386 e. The van der Waals surface area contributed by atoms with Gasteiger partial charge in [0.05, 0.1) is 57.0 Å². The molecule has 9 heterocycles. The highest BCUT2D eigenvalue weighted by Crippen LogP contribution is 2.47. The van der Waals surface area contributed by atoms with Crippen molar-refractivity contribution in [3.63, 3.8) is 0 Å². The third-order valence-corrected chi connectivity index (χ3v) is 16.8. The van der Waals surface area contributed by atoms with Crippen molar-refractivity contribution in [1.29, 1.82) is 0 Å². The number of fused-ring (bicyclic) bond motifs is 3. The summed E-state index contributed by atoms with van der Waals surface area (Å²) in [7, 11) is 0. The Labute approximate surface area is 452 Å². The summed E-state index contributed by atoms with van der Waals surface area (Å²) >= 11 is 0. The predicted molar refractivity (Wildman–Crippen MR) is 292 cm³/mol. The molecule has 4 aliphatic heterocycles. The van der Waals surface area contributed by atoms with Crippen molar-refractivity contribution in [2.75, 3.05) is 19.8 Å². The van der Waals surface area contributed by atoms with Gasteiger partial charge < -0.3 is 53.1 Å². The van der Waals surface area contributed by atoms with E-state index in [1.165, 1.54) is 49.8 Å². The molecule has 7 aliphatic rings. The molecule has 17 nitrogen and oxygen atoms in total. The standard InChI is InChI=1S/C21H24N2O3.C20H23N3O3.C20H22N3O3/c1-11-19(12(2)26-23-11)14-8-15-10-17(13-5-6-13)22-20(15)16(9-14)21(24)18-4-3-7-25-18;2*1-10-17(11(2)26-23-10)13-8-14(19(24)16-4-3-7-25-16)18-15(9-13)21-20(22-18)12-5-6-12/h8-9,13,18,21,24H,3-7,10H2,1-2H3;8-9,12,16,19,24H,3-7H2,1-2H3,(H,21,22);3,8-9,12,16,19,24H,4-7H2,1-2H3,(H,21,22)/q;;+1/t;16-,19-;16-,19+/m.10/s1. The van der Waals surface area contributed by atoms with E-state index in [-0.39, 0.29) is 18.3 Å². The lowest BCUT2D eigenvalue weighted by Gasteiger charge is -2.20. The third-order valence-electron chi connectivity index (χ3n) is 16.8. The first-order valence-corrected chi connectivity index (χ1v) is 28.2. The van der Waals surface area contributed by atoms with Crippen molar-refractivity contribution >= 4 is 33.5 Å². The maximum Gasteiger partial charge on any atom is 0.187 e. The molecule has 0 bridgehead atoms. The van der Waals surface area contributed by atoms with E-state index in [4.69, 9.17) is 42.7 Å². The molecule has 0 spiro atoms. The molecule has 0 amide bonds. The molecule has 2 unspecified atom stereocenters. The van der Waals surface area contributed by atoms with Crippen LogP contribution in [0.5, 0.6) is 0 Å². The smallest absolute Gasteiger partial charge is 0.187 e. The fraction of sp³-hybridized carbons (Fsp3) is 0.492. The van der Waals surface area contributed by atoms with Gasteiger partial charge in [0.2, 0.25) is 0 Å². The number of hydrogen-bond donors (Lipinski definition) is 5. The van der Waals surface area contributed by atoms with Crippen molar-refractivity contribution in [3.8, 4) is 33.4 Å². The predicted octanol–water partition coefficient (Wildman–Crippen LogP) is 11.9. The molecular formula is C61H69N8O9+. The Bertz CT molecular complexity index is 3340. The zero-order valence-electron chi connectivity index (χ0n) is 45.3. The summed E-state index contributed by atoms with van der Waals surface area (Å²) in [6.45, 7) is 13.6. The van der Waals surface area contributed by atoms with Crippen LogP contribution in [0.4, 0.5) is 5.69 Å². The lowest BCUT2D eigenvalue weighted by Crippen LogP contribution is -2.17. The number of ether oxygens (including phenoxy) is 3. The molecule has 78 heavy (non-hydrogen) atoms. The number of aliphatic hydroxyl groups is 3. The van der Waals surface area contributed by atoms with Gasteiger partial charge in [0.1, 0.15) is 66.2 Å². The number of aliphatic imine (C=N–C) groups is 1. The zero-order chi connectivity index (χ0) is 53.5. The van der Waals surface area contributed by atoms with Crippen LogP contribution < -0.4 is 0 Å². The molecule has 0 radical (unpaired) electrons. The molecule has 5 aromatic heterocycles. The number of aryl methyl sites for hydroxylation is 6. The maximum absolute atomic E-state index is 11.1. The number of nitrogens with zero attached hydrogens (tertiary/aromatic N) is 6. The SMILES string of the molecule is Cc1noc(C)c1-c1cc([C@@H](O)[C@@H]2C[CH+]CO2)c2nc(C3CC3)[nH]c2c1.Cc1noc(C)c1-c1cc([C@@H](O)[C@H]2CCCO2)c2nc(C3CC3)[nH]c2c1.Cc1noc(C)c1-c1cc2c(c(C(O)C3CCCO3)c1)N=C(C1CC1)C2. The fourth-order valence-corrected chi connectivity index (χ4v) is 12.3. The van der Waals surface area contributed by atoms with Gasteiger partial charge >= 0.3 is 0 Å². The van der Waals surface area contributed by atoms with E-state index in [2.05, 4.69) is 56.1 Å². The molecular weight excluding hydrogens is 989 g/mol. The Morgan fingerprint density at radius 3 is 1.38 bits per heavy atom. The van der Waals surface area contributed by atoms with Crippen LogP contribution in [0, 0.1) is 53.9 Å². The normalized spacial score (nSPS) is 22.0. The second kappa shape index (κ2) is 20.6. The lowest BCUT2D eigenvalue weighted by molar-refractivity contribution is -0.00227. The summed E-state index contributed by atoms with van der Waals surface area (Å²) in [6, 6.07) is 12.5. The molecule has 3 aromatic carbocycles. The monoisotopic (exact) mass is 1060 g/mol. The molecule has 6 fully saturated rings. The highest BCUT2D eigenvalue weighted by atomic mass is 16.5. The van der Waals surface area contributed by atoms with Crippen LogP contribution in [0.3, 0.4) is 0 Å². The number of imidazole rings is 2. The Morgan fingerprint density at radius 2 is 0.974 bits per heavy atom. The summed E-state index contributed by atoms with van der Waals surface area (Å²) in [4.78, 5) is 21.5. The summed E-state index contributed by atoms with van der Waals surface area (Å²) in [5.74, 6) is 6.08. The Kier molecular flexibility index (Phi) is 13.5. The lowest BCUT2D eigenvalue weighted by atomic mass is 9.91. The van der Waals surface area contributed by atoms with Gasteiger partial charge in [-0.05, 0) is 170 Å². The Balaban J connectivity index is 0.000000111. The highest BCUT2D eigenvalue weighted by Gasteiger charge is 2.38. The molecule has 5 N–H and O–H groups in total. The topological polar surface area (TPSA) is 236 Å². The first-order valence-electron chi connectivity index (χ1n) is 28.2. The van der Waals surface area contributed by atoms with Crippen molar-refractivity contribution in [3.05, 3.63) is 111 Å². The van der Waals surface area contributed by atoms with Crippen LogP contribution in [0.15, 0.2) is 55.0 Å². The summed E-state index contributed by atoms with van der Waals surface area (Å²) in [6.07, 6.45) is 12.1. The highest BCUT2D eigenvalue weighted by molar-refractivity contribution is 5.98. The molecule has 8 aromatic rings.